The fourth-order valence-electron chi connectivity index (χ4n) is 4.65. The number of nitrogens with zero attached hydrogens (tertiary/aromatic N) is 4. The van der Waals surface area contributed by atoms with E-state index >= 15 is 0 Å². The zero-order valence-corrected chi connectivity index (χ0v) is 25.7. The number of ether oxygens (including phenoxy) is 1. The van der Waals surface area contributed by atoms with Crippen LogP contribution in [-0.2, 0) is 25.6 Å². The van der Waals surface area contributed by atoms with Gasteiger partial charge in [0.15, 0.2) is 0 Å². The Kier molecular flexibility index (Phi) is 18.1. The van der Waals surface area contributed by atoms with E-state index < -0.39 is 29.9 Å². The van der Waals surface area contributed by atoms with E-state index in [1.807, 2.05) is 31.2 Å². The topological polar surface area (TPSA) is 171 Å². The van der Waals surface area contributed by atoms with Crippen LogP contribution in [0.4, 0.5) is 0 Å². The number of hydrogen-bond donors (Lipinski definition) is 4. The molecule has 1 heterocycles. The summed E-state index contributed by atoms with van der Waals surface area (Å²) in [5.41, 5.74) is 0.961. The van der Waals surface area contributed by atoms with Crippen LogP contribution in [0.3, 0.4) is 0 Å². The van der Waals surface area contributed by atoms with Crippen molar-refractivity contribution in [2.45, 2.75) is 32.2 Å². The number of carboxylic acids is 4. The maximum Gasteiger partial charge on any atom is 0.320 e. The van der Waals surface area contributed by atoms with Crippen LogP contribution in [0.25, 0.3) is 0 Å². The van der Waals surface area contributed by atoms with Gasteiger partial charge in [-0.2, -0.15) is 0 Å². The van der Waals surface area contributed by atoms with E-state index in [0.717, 1.165) is 17.7 Å². The van der Waals surface area contributed by atoms with Crippen molar-refractivity contribution in [3.63, 3.8) is 0 Å². The molecule has 1 saturated heterocycles. The second-order valence-electron chi connectivity index (χ2n) is 9.93. The van der Waals surface area contributed by atoms with Crippen molar-refractivity contribution in [2.75, 3.05) is 78.6 Å². The largest absolute Gasteiger partial charge is 0.494 e. The molecule has 0 aliphatic carbocycles. The summed E-state index contributed by atoms with van der Waals surface area (Å²) in [6.07, 6.45) is 1.71. The van der Waals surface area contributed by atoms with Gasteiger partial charge in [0, 0.05) is 92.3 Å². The molecule has 232 valence electrons. The molecule has 1 aliphatic heterocycles. The third-order valence-electron chi connectivity index (χ3n) is 6.78. The van der Waals surface area contributed by atoms with Gasteiger partial charge in [-0.3, -0.25) is 38.8 Å². The molecular formula is C27H42GdN4O9. The van der Waals surface area contributed by atoms with E-state index in [2.05, 4.69) is 0 Å². The minimum absolute atomic E-state index is 0. The molecule has 0 spiro atoms. The average molecular weight is 724 g/mol. The second kappa shape index (κ2) is 20.1. The van der Waals surface area contributed by atoms with Crippen molar-refractivity contribution in [2.24, 2.45) is 0 Å². The van der Waals surface area contributed by atoms with Crippen LogP contribution in [-0.4, -0.2) is 149 Å². The van der Waals surface area contributed by atoms with Crippen LogP contribution < -0.4 is 4.74 Å². The van der Waals surface area contributed by atoms with E-state index in [0.29, 0.717) is 19.4 Å². The van der Waals surface area contributed by atoms with Gasteiger partial charge in [-0.05, 0) is 37.0 Å². The fourth-order valence-corrected chi connectivity index (χ4v) is 4.65. The molecule has 0 saturated carbocycles. The third-order valence-corrected chi connectivity index (χ3v) is 6.78. The zero-order chi connectivity index (χ0) is 29.5. The van der Waals surface area contributed by atoms with Gasteiger partial charge in [0.2, 0.25) is 0 Å². The van der Waals surface area contributed by atoms with Crippen LogP contribution >= 0.6 is 0 Å². The first kappa shape index (κ1) is 37.1. The van der Waals surface area contributed by atoms with Crippen LogP contribution in [0.2, 0.25) is 0 Å². The molecular weight excluding hydrogens is 682 g/mol. The number of carbonyl (C=O) groups is 4. The Labute approximate surface area is 272 Å². The van der Waals surface area contributed by atoms with Gasteiger partial charge in [0.05, 0.1) is 26.2 Å². The molecule has 0 bridgehead atoms. The molecule has 13 nitrogen and oxygen atoms in total. The molecule has 0 radical (unpaired) electrons. The Bertz CT molecular complexity index is 935. The molecule has 1 aromatic carbocycles. The monoisotopic (exact) mass is 724 g/mol. The summed E-state index contributed by atoms with van der Waals surface area (Å²) in [6.45, 7) is 4.02. The van der Waals surface area contributed by atoms with Gasteiger partial charge < -0.3 is 25.2 Å². The smallest absolute Gasteiger partial charge is 0.320 e. The number of carboxylic acid groups (broad SMARTS) is 4. The van der Waals surface area contributed by atoms with E-state index in [4.69, 9.17) is 4.74 Å². The Morgan fingerprint density at radius 1 is 0.732 bits per heavy atom. The zero-order valence-electron chi connectivity index (χ0n) is 23.5. The first-order valence-electron chi connectivity index (χ1n) is 13.6. The van der Waals surface area contributed by atoms with Crippen LogP contribution in [0, 0.1) is 39.9 Å². The van der Waals surface area contributed by atoms with E-state index in [-0.39, 0.29) is 112 Å². The molecule has 1 fully saturated rings. The molecule has 4 N–H and O–H groups in total. The van der Waals surface area contributed by atoms with Gasteiger partial charge in [-0.15, -0.1) is 0 Å². The Hall–Kier alpha value is -1.94. The third kappa shape index (κ3) is 15.2. The molecule has 14 heteroatoms. The van der Waals surface area contributed by atoms with Crippen molar-refractivity contribution in [3.8, 4) is 5.75 Å². The molecule has 2 rings (SSSR count). The molecule has 1 aromatic rings. The van der Waals surface area contributed by atoms with Crippen molar-refractivity contribution < 1.29 is 84.3 Å². The maximum absolute atomic E-state index is 12.4. The molecule has 1 unspecified atom stereocenters. The van der Waals surface area contributed by atoms with Crippen LogP contribution in [0.15, 0.2) is 24.3 Å². The number of hydrogen-bond acceptors (Lipinski definition) is 9. The predicted molar refractivity (Wildman–Crippen MR) is 146 cm³/mol. The molecule has 41 heavy (non-hydrogen) atoms. The summed E-state index contributed by atoms with van der Waals surface area (Å²) >= 11 is 0. The normalized spacial score (nSPS) is 17.4. The second-order valence-corrected chi connectivity index (χ2v) is 9.93. The van der Waals surface area contributed by atoms with Gasteiger partial charge in [-0.1, -0.05) is 19.1 Å². The predicted octanol–water partition coefficient (Wildman–Crippen LogP) is 0.337. The number of rotatable bonds is 14. The summed E-state index contributed by atoms with van der Waals surface area (Å²) < 4.78 is 5.61. The van der Waals surface area contributed by atoms with Crippen molar-refractivity contribution in [3.05, 3.63) is 29.8 Å². The van der Waals surface area contributed by atoms with Crippen LogP contribution in [0.1, 0.15) is 25.3 Å². The van der Waals surface area contributed by atoms with Gasteiger partial charge >= 0.3 is 23.9 Å². The standard InChI is InChI=1S/C27H42N4O9.Gd/c1-2-17-40-22-6-3-21(4-7-22)5-8-23(27(38)39)31-15-13-29(19-25(34)35)11-9-28(18-24(32)33)10-12-30(14-16-31)20-26(36)37;/h3-4,6-7,23H,2,5,8-20H2,1H3,(H,32,33)(H,34,35)(H,36,37)(H,38,39);. The van der Waals surface area contributed by atoms with Crippen molar-refractivity contribution in [1.29, 1.82) is 0 Å². The summed E-state index contributed by atoms with van der Waals surface area (Å²) in [4.78, 5) is 53.5. The molecule has 1 aliphatic rings. The van der Waals surface area contributed by atoms with E-state index in [1.54, 1.807) is 19.6 Å². The SMILES string of the molecule is CCCOc1ccc(CCC(C(=O)O)N2CCN(CC(=O)O)CCN(CC(=O)O)CCN(CC(=O)O)CC2)cc1.[Gd]. The first-order valence-corrected chi connectivity index (χ1v) is 13.6. The Morgan fingerprint density at radius 2 is 1.15 bits per heavy atom. The van der Waals surface area contributed by atoms with Crippen molar-refractivity contribution in [1.82, 2.24) is 19.6 Å². The Morgan fingerprint density at radius 3 is 1.51 bits per heavy atom. The van der Waals surface area contributed by atoms with E-state index in [9.17, 15) is 39.6 Å². The molecule has 0 aromatic heterocycles. The Balaban J connectivity index is 0.00000840. The maximum atomic E-state index is 12.4. The van der Waals surface area contributed by atoms with Gasteiger partial charge in [0.1, 0.15) is 11.8 Å². The van der Waals surface area contributed by atoms with E-state index in [1.165, 1.54) is 0 Å². The first-order chi connectivity index (χ1) is 19.1. The number of benzene rings is 1. The number of aryl methyl sites for hydroxylation is 1. The minimum Gasteiger partial charge on any atom is -0.494 e. The van der Waals surface area contributed by atoms with Gasteiger partial charge in [-0.25, -0.2) is 0 Å². The van der Waals surface area contributed by atoms with Crippen molar-refractivity contribution >= 4 is 23.9 Å². The van der Waals surface area contributed by atoms with Crippen LogP contribution in [0.5, 0.6) is 5.75 Å². The molecule has 0 amide bonds. The number of aliphatic carboxylic acids is 4. The minimum atomic E-state index is -1.03. The average Bonchev–Trinajstić information content (AvgIpc) is 2.88. The summed E-state index contributed by atoms with van der Waals surface area (Å²) in [5.74, 6) is -3.34. The molecule has 1 atom stereocenters. The summed E-state index contributed by atoms with van der Waals surface area (Å²) in [5, 5.41) is 38.2. The summed E-state index contributed by atoms with van der Waals surface area (Å²) in [7, 11) is 0. The summed E-state index contributed by atoms with van der Waals surface area (Å²) in [6, 6.07) is 6.68. The fraction of sp³-hybridized carbons (Fsp3) is 0.630. The quantitative estimate of drug-likeness (QED) is 0.207. The van der Waals surface area contributed by atoms with Gasteiger partial charge in [0.25, 0.3) is 0 Å².